The van der Waals surface area contributed by atoms with Crippen molar-refractivity contribution in [1.29, 1.82) is 5.26 Å². The summed E-state index contributed by atoms with van der Waals surface area (Å²) in [5.41, 5.74) is 6.62. The van der Waals surface area contributed by atoms with Crippen molar-refractivity contribution >= 4 is 12.0 Å². The Morgan fingerprint density at radius 2 is 1.83 bits per heavy atom. The average Bonchev–Trinajstić information content (AvgIpc) is 2.80. The molecule has 124 valence electrons. The van der Waals surface area contributed by atoms with Gasteiger partial charge in [0.25, 0.3) is 5.91 Å². The van der Waals surface area contributed by atoms with E-state index in [-0.39, 0.29) is 11.5 Å². The highest BCUT2D eigenvalue weighted by Gasteiger charge is 2.15. The molecular formula is C20H23N3O. The van der Waals surface area contributed by atoms with Gasteiger partial charge in [0, 0.05) is 31.2 Å². The summed E-state index contributed by atoms with van der Waals surface area (Å²) >= 11 is 0. The molecule has 2 aromatic rings. The van der Waals surface area contributed by atoms with Crippen molar-refractivity contribution in [3.8, 4) is 11.8 Å². The van der Waals surface area contributed by atoms with Gasteiger partial charge in [-0.2, -0.15) is 5.26 Å². The summed E-state index contributed by atoms with van der Waals surface area (Å²) in [6, 6.07) is 10.4. The van der Waals surface area contributed by atoms with Crippen LogP contribution in [-0.4, -0.2) is 29.5 Å². The first-order chi connectivity index (χ1) is 11.3. The molecule has 0 saturated heterocycles. The van der Waals surface area contributed by atoms with Gasteiger partial charge in [-0.3, -0.25) is 4.79 Å². The molecule has 0 radical (unpaired) electrons. The lowest BCUT2D eigenvalue weighted by Crippen LogP contribution is -2.22. The van der Waals surface area contributed by atoms with Gasteiger partial charge in [0.05, 0.1) is 0 Å². The number of carbonyl (C=O) groups excluding carboxylic acids is 1. The van der Waals surface area contributed by atoms with Crippen molar-refractivity contribution in [3.63, 3.8) is 0 Å². The third-order valence-corrected chi connectivity index (χ3v) is 4.13. The minimum atomic E-state index is -0.283. The van der Waals surface area contributed by atoms with Gasteiger partial charge in [-0.1, -0.05) is 12.1 Å². The quantitative estimate of drug-likeness (QED) is 0.639. The number of hydrogen-bond acceptors (Lipinski definition) is 2. The van der Waals surface area contributed by atoms with Gasteiger partial charge in [-0.15, -0.1) is 0 Å². The molecule has 1 heterocycles. The number of hydrogen-bond donors (Lipinski definition) is 0. The largest absolute Gasteiger partial charge is 0.344 e. The van der Waals surface area contributed by atoms with Gasteiger partial charge < -0.3 is 9.47 Å². The summed E-state index contributed by atoms with van der Waals surface area (Å²) in [5.74, 6) is -0.283. The maximum Gasteiger partial charge on any atom is 0.264 e. The van der Waals surface area contributed by atoms with Crippen molar-refractivity contribution in [3.05, 3.63) is 57.9 Å². The molecule has 0 bridgehead atoms. The highest BCUT2D eigenvalue weighted by Crippen LogP contribution is 2.25. The van der Waals surface area contributed by atoms with E-state index in [1.165, 1.54) is 16.0 Å². The number of rotatable bonds is 3. The number of carbonyl (C=O) groups is 1. The maximum absolute atomic E-state index is 12.1. The van der Waals surface area contributed by atoms with Crippen LogP contribution in [0.5, 0.6) is 0 Å². The lowest BCUT2D eigenvalue weighted by molar-refractivity contribution is -0.124. The molecule has 0 saturated carbocycles. The summed E-state index contributed by atoms with van der Waals surface area (Å²) in [7, 11) is 3.29. The fourth-order valence-corrected chi connectivity index (χ4v) is 2.80. The van der Waals surface area contributed by atoms with Crippen LogP contribution in [0.4, 0.5) is 0 Å². The van der Waals surface area contributed by atoms with E-state index in [4.69, 9.17) is 0 Å². The molecule has 0 atom stereocenters. The predicted molar refractivity (Wildman–Crippen MR) is 97.0 cm³/mol. The molecule has 0 aliphatic carbocycles. The van der Waals surface area contributed by atoms with Gasteiger partial charge in [0.15, 0.2) is 0 Å². The van der Waals surface area contributed by atoms with E-state index < -0.39 is 0 Å². The highest BCUT2D eigenvalue weighted by atomic mass is 16.2. The first-order valence-electron chi connectivity index (χ1n) is 7.86. The maximum atomic E-state index is 12.1. The molecule has 4 nitrogen and oxygen atoms in total. The van der Waals surface area contributed by atoms with Crippen molar-refractivity contribution < 1.29 is 4.79 Å². The molecule has 0 unspecified atom stereocenters. The van der Waals surface area contributed by atoms with E-state index in [2.05, 4.69) is 36.6 Å². The molecule has 1 amide bonds. The lowest BCUT2D eigenvalue weighted by Gasteiger charge is -2.14. The molecule has 24 heavy (non-hydrogen) atoms. The van der Waals surface area contributed by atoms with E-state index >= 15 is 0 Å². The van der Waals surface area contributed by atoms with Gasteiger partial charge in [-0.25, -0.2) is 0 Å². The Labute approximate surface area is 143 Å². The Morgan fingerprint density at radius 3 is 2.42 bits per heavy atom. The van der Waals surface area contributed by atoms with Gasteiger partial charge in [0.2, 0.25) is 0 Å². The SMILES string of the molecule is Cc1ccc(C)c(-n2c(C)cc(/C=C(/C#N)C(=O)N(C)C)c2C)c1. The molecular weight excluding hydrogens is 298 g/mol. The molecule has 0 spiro atoms. The fraction of sp³-hybridized carbons (Fsp3) is 0.300. The van der Waals surface area contributed by atoms with E-state index in [9.17, 15) is 10.1 Å². The number of nitriles is 1. The van der Waals surface area contributed by atoms with Crippen LogP contribution < -0.4 is 0 Å². The summed E-state index contributed by atoms with van der Waals surface area (Å²) in [6.45, 7) is 8.20. The zero-order valence-corrected chi connectivity index (χ0v) is 15.1. The second kappa shape index (κ2) is 6.76. The molecule has 2 rings (SSSR count). The minimum Gasteiger partial charge on any atom is -0.344 e. The van der Waals surface area contributed by atoms with E-state index in [1.54, 1.807) is 20.2 Å². The average molecular weight is 321 g/mol. The van der Waals surface area contributed by atoms with E-state index in [1.807, 2.05) is 26.0 Å². The normalized spacial score (nSPS) is 11.3. The predicted octanol–water partition coefficient (Wildman–Crippen LogP) is 3.71. The summed E-state index contributed by atoms with van der Waals surface area (Å²) < 4.78 is 2.17. The third-order valence-electron chi connectivity index (χ3n) is 4.13. The number of nitrogens with zero attached hydrogens (tertiary/aromatic N) is 3. The van der Waals surface area contributed by atoms with Crippen LogP contribution >= 0.6 is 0 Å². The third kappa shape index (κ3) is 3.26. The standard InChI is InChI=1S/C20H23N3O/c1-13-7-8-14(2)19(9-13)23-15(3)10-17(16(23)4)11-18(12-21)20(24)22(5)6/h7-11H,1-6H3/b18-11-. The molecule has 1 aromatic heterocycles. The molecule has 1 aromatic carbocycles. The Balaban J connectivity index is 2.60. The number of aryl methyl sites for hydroxylation is 3. The first-order valence-corrected chi connectivity index (χ1v) is 7.86. The monoisotopic (exact) mass is 321 g/mol. The van der Waals surface area contributed by atoms with Crippen LogP contribution in [0, 0.1) is 39.0 Å². The molecule has 0 aliphatic rings. The Morgan fingerprint density at radius 1 is 1.17 bits per heavy atom. The minimum absolute atomic E-state index is 0.140. The van der Waals surface area contributed by atoms with Crippen molar-refractivity contribution in [2.45, 2.75) is 27.7 Å². The molecule has 4 heteroatoms. The van der Waals surface area contributed by atoms with Crippen molar-refractivity contribution in [2.75, 3.05) is 14.1 Å². The van der Waals surface area contributed by atoms with Gasteiger partial charge in [0.1, 0.15) is 11.6 Å². The topological polar surface area (TPSA) is 49.0 Å². The summed E-state index contributed by atoms with van der Waals surface area (Å²) in [5, 5.41) is 9.30. The molecule has 0 aliphatic heterocycles. The summed E-state index contributed by atoms with van der Waals surface area (Å²) in [4.78, 5) is 13.5. The van der Waals surface area contributed by atoms with Crippen molar-refractivity contribution in [2.24, 2.45) is 0 Å². The van der Waals surface area contributed by atoms with E-state index in [0.29, 0.717) is 0 Å². The number of aromatic nitrogens is 1. The van der Waals surface area contributed by atoms with Crippen LogP contribution in [0.1, 0.15) is 28.1 Å². The highest BCUT2D eigenvalue weighted by molar-refractivity contribution is 6.01. The Bertz CT molecular complexity index is 864. The second-order valence-corrected chi connectivity index (χ2v) is 6.32. The number of likely N-dealkylation sites (N-methyl/N-ethyl adjacent to an activating group) is 1. The Hall–Kier alpha value is -2.80. The van der Waals surface area contributed by atoms with E-state index in [0.717, 1.165) is 22.6 Å². The van der Waals surface area contributed by atoms with Crippen LogP contribution in [0.3, 0.4) is 0 Å². The van der Waals surface area contributed by atoms with Crippen LogP contribution in [0.2, 0.25) is 0 Å². The smallest absolute Gasteiger partial charge is 0.264 e. The zero-order valence-electron chi connectivity index (χ0n) is 15.1. The van der Waals surface area contributed by atoms with Crippen LogP contribution in [0.15, 0.2) is 29.8 Å². The zero-order chi connectivity index (χ0) is 18.0. The van der Waals surface area contributed by atoms with Crippen molar-refractivity contribution in [1.82, 2.24) is 9.47 Å². The second-order valence-electron chi connectivity index (χ2n) is 6.32. The molecule has 0 fully saturated rings. The number of amides is 1. The summed E-state index contributed by atoms with van der Waals surface area (Å²) in [6.07, 6.45) is 1.67. The van der Waals surface area contributed by atoms with Gasteiger partial charge in [-0.05, 0) is 62.6 Å². The number of benzene rings is 1. The van der Waals surface area contributed by atoms with Crippen LogP contribution in [-0.2, 0) is 4.79 Å². The first kappa shape index (κ1) is 17.6. The van der Waals surface area contributed by atoms with Crippen LogP contribution in [0.25, 0.3) is 11.8 Å². The Kier molecular flexibility index (Phi) is 4.94. The van der Waals surface area contributed by atoms with Gasteiger partial charge >= 0.3 is 0 Å². The molecule has 0 N–H and O–H groups in total. The fourth-order valence-electron chi connectivity index (χ4n) is 2.80. The lowest BCUT2D eigenvalue weighted by atomic mass is 10.1.